The lowest BCUT2D eigenvalue weighted by Gasteiger charge is -2.05. The Morgan fingerprint density at radius 3 is 2.71 bits per heavy atom. The Kier molecular flexibility index (Phi) is 2.98. The van der Waals surface area contributed by atoms with Crippen molar-refractivity contribution in [1.82, 2.24) is 9.78 Å². The molecule has 0 atom stereocenters. The molecule has 0 amide bonds. The number of benzene rings is 2. The molecule has 2 aromatic carbocycles. The predicted molar refractivity (Wildman–Crippen MR) is 77.3 cm³/mol. The summed E-state index contributed by atoms with van der Waals surface area (Å²) < 4.78 is 1.27. The van der Waals surface area contributed by atoms with Crippen LogP contribution in [0.25, 0.3) is 10.9 Å². The molecule has 0 spiro atoms. The predicted octanol–water partition coefficient (Wildman–Crippen LogP) is 2.94. The molecule has 104 valence electrons. The maximum Gasteiger partial charge on any atom is 0.278 e. The van der Waals surface area contributed by atoms with Gasteiger partial charge in [0.2, 0.25) is 0 Å². The van der Waals surface area contributed by atoms with Crippen LogP contribution in [0.2, 0.25) is 0 Å². The molecule has 0 bridgehead atoms. The molecule has 0 fully saturated rings. The molecule has 0 unspecified atom stereocenters. The van der Waals surface area contributed by atoms with Crippen molar-refractivity contribution in [3.8, 4) is 0 Å². The Morgan fingerprint density at radius 2 is 2.00 bits per heavy atom. The maximum absolute atomic E-state index is 12.5. The fraction of sp³-hybridized carbons (Fsp3) is 0.0667. The second kappa shape index (κ2) is 4.82. The first kappa shape index (κ1) is 13.0. The van der Waals surface area contributed by atoms with Gasteiger partial charge in [0.15, 0.2) is 0 Å². The lowest BCUT2D eigenvalue weighted by molar-refractivity contribution is -0.384. The SMILES string of the molecule is Cc1ccccc1C(=O)n1ncc2cc([N+](=O)[O-])ccc21. The lowest BCUT2D eigenvalue weighted by atomic mass is 10.1. The number of aryl methyl sites for hydroxylation is 1. The van der Waals surface area contributed by atoms with Gasteiger partial charge in [-0.25, -0.2) is 0 Å². The average molecular weight is 281 g/mol. The molecule has 0 aliphatic carbocycles. The summed E-state index contributed by atoms with van der Waals surface area (Å²) >= 11 is 0. The van der Waals surface area contributed by atoms with E-state index in [1.807, 2.05) is 19.1 Å². The van der Waals surface area contributed by atoms with Crippen molar-refractivity contribution in [3.05, 3.63) is 69.9 Å². The number of hydrogen-bond donors (Lipinski definition) is 0. The zero-order chi connectivity index (χ0) is 15.0. The maximum atomic E-state index is 12.5. The largest absolute Gasteiger partial charge is 0.278 e. The highest BCUT2D eigenvalue weighted by Crippen LogP contribution is 2.21. The molecule has 6 nitrogen and oxygen atoms in total. The minimum absolute atomic E-state index is 0.0228. The molecular weight excluding hydrogens is 270 g/mol. The summed E-state index contributed by atoms with van der Waals surface area (Å²) in [5, 5.41) is 15.4. The molecule has 0 saturated carbocycles. The van der Waals surface area contributed by atoms with Crippen molar-refractivity contribution in [2.75, 3.05) is 0 Å². The fourth-order valence-corrected chi connectivity index (χ4v) is 2.22. The number of non-ortho nitro benzene ring substituents is 1. The number of carbonyl (C=O) groups is 1. The first-order valence-electron chi connectivity index (χ1n) is 6.30. The van der Waals surface area contributed by atoms with Gasteiger partial charge < -0.3 is 0 Å². The third kappa shape index (κ3) is 2.16. The highest BCUT2D eigenvalue weighted by molar-refractivity contribution is 6.02. The lowest BCUT2D eigenvalue weighted by Crippen LogP contribution is -2.14. The van der Waals surface area contributed by atoms with Crippen LogP contribution in [0.5, 0.6) is 0 Å². The highest BCUT2D eigenvalue weighted by Gasteiger charge is 2.16. The zero-order valence-corrected chi connectivity index (χ0v) is 11.2. The number of fused-ring (bicyclic) bond motifs is 1. The number of nitrogens with zero attached hydrogens (tertiary/aromatic N) is 3. The van der Waals surface area contributed by atoms with Gasteiger partial charge >= 0.3 is 0 Å². The van der Waals surface area contributed by atoms with Gasteiger partial charge in [0.1, 0.15) is 0 Å². The van der Waals surface area contributed by atoms with E-state index in [0.29, 0.717) is 16.5 Å². The quantitative estimate of drug-likeness (QED) is 0.534. The van der Waals surface area contributed by atoms with E-state index >= 15 is 0 Å². The van der Waals surface area contributed by atoms with Crippen molar-refractivity contribution in [3.63, 3.8) is 0 Å². The summed E-state index contributed by atoms with van der Waals surface area (Å²) in [5.74, 6) is -0.253. The van der Waals surface area contributed by atoms with E-state index in [1.165, 1.54) is 29.1 Å². The summed E-state index contributed by atoms with van der Waals surface area (Å²) in [6.45, 7) is 1.85. The topological polar surface area (TPSA) is 78.0 Å². The number of nitro groups is 1. The third-order valence-corrected chi connectivity index (χ3v) is 3.33. The van der Waals surface area contributed by atoms with Crippen molar-refractivity contribution >= 4 is 22.5 Å². The second-order valence-electron chi connectivity index (χ2n) is 4.68. The molecule has 0 aliphatic rings. The van der Waals surface area contributed by atoms with E-state index in [9.17, 15) is 14.9 Å². The second-order valence-corrected chi connectivity index (χ2v) is 4.68. The third-order valence-electron chi connectivity index (χ3n) is 3.33. The van der Waals surface area contributed by atoms with Crippen LogP contribution in [-0.4, -0.2) is 20.6 Å². The average Bonchev–Trinajstić information content (AvgIpc) is 2.90. The Hall–Kier alpha value is -3.02. The van der Waals surface area contributed by atoms with Gasteiger partial charge in [-0.3, -0.25) is 14.9 Å². The van der Waals surface area contributed by atoms with Crippen LogP contribution in [0.3, 0.4) is 0 Å². The molecule has 3 aromatic rings. The molecule has 21 heavy (non-hydrogen) atoms. The van der Waals surface area contributed by atoms with E-state index in [0.717, 1.165) is 5.56 Å². The minimum Gasteiger partial charge on any atom is -0.267 e. The number of nitro benzene ring substituents is 1. The standard InChI is InChI=1S/C15H11N3O3/c1-10-4-2-3-5-13(10)15(19)17-14-7-6-12(18(20)21)8-11(14)9-16-17/h2-9H,1H3. The van der Waals surface area contributed by atoms with Crippen LogP contribution in [0.1, 0.15) is 15.9 Å². The van der Waals surface area contributed by atoms with Crippen LogP contribution < -0.4 is 0 Å². The molecular formula is C15H11N3O3. The van der Waals surface area contributed by atoms with Crippen LogP contribution in [0.15, 0.2) is 48.7 Å². The molecule has 6 heteroatoms. The first-order chi connectivity index (χ1) is 10.1. The van der Waals surface area contributed by atoms with E-state index in [1.54, 1.807) is 12.1 Å². The number of hydrogen-bond acceptors (Lipinski definition) is 4. The van der Waals surface area contributed by atoms with Gasteiger partial charge in [0.25, 0.3) is 11.6 Å². The smallest absolute Gasteiger partial charge is 0.267 e. The van der Waals surface area contributed by atoms with E-state index in [2.05, 4.69) is 5.10 Å². The Labute approximate surface area is 119 Å². The van der Waals surface area contributed by atoms with Crippen LogP contribution in [0, 0.1) is 17.0 Å². The van der Waals surface area contributed by atoms with E-state index in [4.69, 9.17) is 0 Å². The van der Waals surface area contributed by atoms with Crippen LogP contribution >= 0.6 is 0 Å². The molecule has 3 rings (SSSR count). The monoisotopic (exact) mass is 281 g/mol. The zero-order valence-electron chi connectivity index (χ0n) is 11.2. The van der Waals surface area contributed by atoms with Crippen LogP contribution in [-0.2, 0) is 0 Å². The van der Waals surface area contributed by atoms with Crippen molar-refractivity contribution in [2.24, 2.45) is 0 Å². The van der Waals surface area contributed by atoms with Crippen molar-refractivity contribution in [1.29, 1.82) is 0 Å². The summed E-state index contributed by atoms with van der Waals surface area (Å²) in [6, 6.07) is 11.5. The van der Waals surface area contributed by atoms with Gasteiger partial charge in [0.05, 0.1) is 16.6 Å². The number of carbonyl (C=O) groups excluding carboxylic acids is 1. The molecule has 0 aliphatic heterocycles. The molecule has 1 aromatic heterocycles. The Bertz CT molecular complexity index is 867. The van der Waals surface area contributed by atoms with Gasteiger partial charge in [-0.2, -0.15) is 9.78 Å². The number of rotatable bonds is 2. The van der Waals surface area contributed by atoms with Gasteiger partial charge in [-0.05, 0) is 24.6 Å². The summed E-state index contributed by atoms with van der Waals surface area (Å²) in [5.41, 5.74) is 1.94. The fourth-order valence-electron chi connectivity index (χ4n) is 2.22. The Balaban J connectivity index is 2.11. The summed E-state index contributed by atoms with van der Waals surface area (Å²) in [7, 11) is 0. The summed E-state index contributed by atoms with van der Waals surface area (Å²) in [6.07, 6.45) is 1.46. The van der Waals surface area contributed by atoms with Crippen LogP contribution in [0.4, 0.5) is 5.69 Å². The van der Waals surface area contributed by atoms with Gasteiger partial charge in [-0.1, -0.05) is 18.2 Å². The van der Waals surface area contributed by atoms with Crippen molar-refractivity contribution < 1.29 is 9.72 Å². The summed E-state index contributed by atoms with van der Waals surface area (Å²) in [4.78, 5) is 22.8. The highest BCUT2D eigenvalue weighted by atomic mass is 16.6. The molecule has 0 radical (unpaired) electrons. The molecule has 0 saturated heterocycles. The normalized spacial score (nSPS) is 10.7. The van der Waals surface area contributed by atoms with E-state index in [-0.39, 0.29) is 11.6 Å². The van der Waals surface area contributed by atoms with Crippen molar-refractivity contribution in [2.45, 2.75) is 6.92 Å². The molecule has 0 N–H and O–H groups in total. The van der Waals surface area contributed by atoms with Gasteiger partial charge in [0, 0.05) is 23.1 Å². The van der Waals surface area contributed by atoms with Gasteiger partial charge in [-0.15, -0.1) is 0 Å². The molecule has 1 heterocycles. The minimum atomic E-state index is -0.472. The first-order valence-corrected chi connectivity index (χ1v) is 6.30. The Morgan fingerprint density at radius 1 is 1.24 bits per heavy atom. The van der Waals surface area contributed by atoms with E-state index < -0.39 is 4.92 Å². The number of aromatic nitrogens is 2.